The minimum Gasteiger partial charge on any atom is -0.504 e. The van der Waals surface area contributed by atoms with Gasteiger partial charge in [-0.15, -0.1) is 0 Å². The van der Waals surface area contributed by atoms with Crippen molar-refractivity contribution in [2.24, 2.45) is 0 Å². The Morgan fingerprint density at radius 2 is 1.60 bits per heavy atom. The van der Waals surface area contributed by atoms with Crippen LogP contribution in [0.5, 0.6) is 23.0 Å². The van der Waals surface area contributed by atoms with Crippen molar-refractivity contribution in [2.75, 3.05) is 14.2 Å². The number of hydrogen-bond donors (Lipinski definition) is 2. The summed E-state index contributed by atoms with van der Waals surface area (Å²) >= 11 is 0. The molecule has 0 fully saturated rings. The quantitative estimate of drug-likeness (QED) is 0.838. The predicted octanol–water partition coefficient (Wildman–Crippen LogP) is 2.59. The molecule has 2 aromatic carbocycles. The maximum atomic E-state index is 11.0. The number of benzene rings is 2. The van der Waals surface area contributed by atoms with Gasteiger partial charge >= 0.3 is 0 Å². The second kappa shape index (κ2) is 5.52. The maximum absolute atomic E-state index is 11.0. The minimum atomic E-state index is -0.197. The standard InChI is InChI=1S/C15H14O5/c1-19-13-6-9(3-4-12(13)17)10-5-11(8-16)15(18)14(7-10)20-2/h3-8,17-18H,1-2H3. The van der Waals surface area contributed by atoms with Gasteiger partial charge in [-0.3, -0.25) is 4.79 Å². The summed E-state index contributed by atoms with van der Waals surface area (Å²) in [5, 5.41) is 19.4. The van der Waals surface area contributed by atoms with Crippen LogP contribution in [-0.4, -0.2) is 30.7 Å². The van der Waals surface area contributed by atoms with E-state index in [1.165, 1.54) is 26.4 Å². The number of carbonyl (C=O) groups excluding carboxylic acids is 1. The fraction of sp³-hybridized carbons (Fsp3) is 0.133. The Balaban J connectivity index is 2.60. The third kappa shape index (κ3) is 2.38. The van der Waals surface area contributed by atoms with Gasteiger partial charge in [-0.1, -0.05) is 6.07 Å². The van der Waals surface area contributed by atoms with E-state index in [0.29, 0.717) is 17.6 Å². The molecular formula is C15H14O5. The van der Waals surface area contributed by atoms with E-state index in [-0.39, 0.29) is 22.8 Å². The van der Waals surface area contributed by atoms with Gasteiger partial charge in [0.25, 0.3) is 0 Å². The second-order valence-corrected chi connectivity index (χ2v) is 4.12. The number of ether oxygens (including phenoxy) is 2. The van der Waals surface area contributed by atoms with Crippen LogP contribution in [0.2, 0.25) is 0 Å². The average molecular weight is 274 g/mol. The molecule has 104 valence electrons. The van der Waals surface area contributed by atoms with Crippen molar-refractivity contribution in [3.8, 4) is 34.1 Å². The van der Waals surface area contributed by atoms with E-state index in [2.05, 4.69) is 0 Å². The van der Waals surface area contributed by atoms with Crippen molar-refractivity contribution in [3.63, 3.8) is 0 Å². The highest BCUT2D eigenvalue weighted by atomic mass is 16.5. The first-order valence-electron chi connectivity index (χ1n) is 5.84. The van der Waals surface area contributed by atoms with Gasteiger partial charge in [-0.25, -0.2) is 0 Å². The van der Waals surface area contributed by atoms with Crippen molar-refractivity contribution >= 4 is 6.29 Å². The summed E-state index contributed by atoms with van der Waals surface area (Å²) in [6, 6.07) is 7.95. The molecular weight excluding hydrogens is 260 g/mol. The Morgan fingerprint density at radius 3 is 2.20 bits per heavy atom. The molecule has 0 radical (unpaired) electrons. The van der Waals surface area contributed by atoms with Crippen LogP contribution in [0.4, 0.5) is 0 Å². The van der Waals surface area contributed by atoms with Gasteiger partial charge in [0.15, 0.2) is 29.3 Å². The summed E-state index contributed by atoms with van der Waals surface area (Å²) in [6.45, 7) is 0. The highest BCUT2D eigenvalue weighted by Gasteiger charge is 2.12. The molecule has 0 heterocycles. The zero-order chi connectivity index (χ0) is 14.7. The van der Waals surface area contributed by atoms with Crippen molar-refractivity contribution in [1.29, 1.82) is 0 Å². The zero-order valence-corrected chi connectivity index (χ0v) is 11.1. The first kappa shape index (κ1) is 13.7. The maximum Gasteiger partial charge on any atom is 0.168 e. The molecule has 0 saturated heterocycles. The highest BCUT2D eigenvalue weighted by Crippen LogP contribution is 2.37. The van der Waals surface area contributed by atoms with Gasteiger partial charge in [-0.2, -0.15) is 0 Å². The highest BCUT2D eigenvalue weighted by molar-refractivity contribution is 5.85. The number of phenolic OH excluding ortho intramolecular Hbond substituents is 2. The monoisotopic (exact) mass is 274 g/mol. The van der Waals surface area contributed by atoms with Crippen LogP contribution in [0.15, 0.2) is 30.3 Å². The lowest BCUT2D eigenvalue weighted by atomic mass is 10.0. The lowest BCUT2D eigenvalue weighted by Gasteiger charge is -2.11. The van der Waals surface area contributed by atoms with Gasteiger partial charge in [-0.05, 0) is 35.4 Å². The van der Waals surface area contributed by atoms with Gasteiger partial charge in [0.05, 0.1) is 19.8 Å². The van der Waals surface area contributed by atoms with E-state index in [0.717, 1.165) is 5.56 Å². The van der Waals surface area contributed by atoms with E-state index in [1.807, 2.05) is 0 Å². The van der Waals surface area contributed by atoms with Crippen molar-refractivity contribution in [2.45, 2.75) is 0 Å². The number of methoxy groups -OCH3 is 2. The molecule has 0 aromatic heterocycles. The first-order chi connectivity index (χ1) is 9.60. The SMILES string of the molecule is COc1cc(-c2cc(C=O)c(O)c(OC)c2)ccc1O. The normalized spacial score (nSPS) is 10.1. The number of hydrogen-bond acceptors (Lipinski definition) is 5. The van der Waals surface area contributed by atoms with E-state index in [9.17, 15) is 15.0 Å². The predicted molar refractivity (Wildman–Crippen MR) is 73.7 cm³/mol. The van der Waals surface area contributed by atoms with Crippen molar-refractivity contribution in [1.82, 2.24) is 0 Å². The first-order valence-corrected chi connectivity index (χ1v) is 5.84. The Hall–Kier alpha value is -2.69. The van der Waals surface area contributed by atoms with Crippen LogP contribution in [0, 0.1) is 0 Å². The average Bonchev–Trinajstić information content (AvgIpc) is 2.48. The molecule has 0 aliphatic heterocycles. The van der Waals surface area contributed by atoms with Gasteiger partial charge in [0, 0.05) is 0 Å². The summed E-state index contributed by atoms with van der Waals surface area (Å²) in [5.41, 5.74) is 1.52. The molecule has 0 aliphatic carbocycles. The van der Waals surface area contributed by atoms with Crippen LogP contribution >= 0.6 is 0 Å². The molecule has 0 saturated carbocycles. The number of aromatic hydroxyl groups is 2. The van der Waals surface area contributed by atoms with Gasteiger partial charge in [0.2, 0.25) is 0 Å². The van der Waals surface area contributed by atoms with Gasteiger partial charge < -0.3 is 19.7 Å². The lowest BCUT2D eigenvalue weighted by Crippen LogP contribution is -1.91. The Labute approximate surface area is 116 Å². The summed E-state index contributed by atoms with van der Waals surface area (Å²) in [5.74, 6) is 0.355. The molecule has 0 amide bonds. The zero-order valence-electron chi connectivity index (χ0n) is 11.1. The Bertz CT molecular complexity index is 649. The van der Waals surface area contributed by atoms with E-state index < -0.39 is 0 Å². The molecule has 0 atom stereocenters. The molecule has 0 aliphatic rings. The molecule has 0 bridgehead atoms. The van der Waals surface area contributed by atoms with E-state index in [4.69, 9.17) is 9.47 Å². The molecule has 2 N–H and O–H groups in total. The van der Waals surface area contributed by atoms with Crippen LogP contribution in [-0.2, 0) is 0 Å². The smallest absolute Gasteiger partial charge is 0.168 e. The fourth-order valence-corrected chi connectivity index (χ4v) is 1.90. The van der Waals surface area contributed by atoms with Crippen molar-refractivity contribution < 1.29 is 24.5 Å². The largest absolute Gasteiger partial charge is 0.504 e. The van der Waals surface area contributed by atoms with Crippen molar-refractivity contribution in [3.05, 3.63) is 35.9 Å². The second-order valence-electron chi connectivity index (χ2n) is 4.12. The third-order valence-corrected chi connectivity index (χ3v) is 2.96. The number of aldehydes is 1. The molecule has 20 heavy (non-hydrogen) atoms. The number of carbonyl (C=O) groups is 1. The van der Waals surface area contributed by atoms with E-state index >= 15 is 0 Å². The summed E-state index contributed by atoms with van der Waals surface area (Å²) < 4.78 is 10.1. The Morgan fingerprint density at radius 1 is 0.950 bits per heavy atom. The molecule has 0 spiro atoms. The van der Waals surface area contributed by atoms with Crippen LogP contribution in [0.3, 0.4) is 0 Å². The van der Waals surface area contributed by atoms with E-state index in [1.54, 1.807) is 18.2 Å². The van der Waals surface area contributed by atoms with Gasteiger partial charge in [0.1, 0.15) is 0 Å². The minimum absolute atomic E-state index is 0.0256. The Kier molecular flexibility index (Phi) is 3.79. The molecule has 2 aromatic rings. The molecule has 2 rings (SSSR count). The topological polar surface area (TPSA) is 76.0 Å². The van der Waals surface area contributed by atoms with Crippen LogP contribution in [0.1, 0.15) is 10.4 Å². The number of rotatable bonds is 4. The summed E-state index contributed by atoms with van der Waals surface area (Å²) in [6.07, 6.45) is 0.555. The third-order valence-electron chi connectivity index (χ3n) is 2.96. The molecule has 5 nitrogen and oxygen atoms in total. The number of phenols is 2. The molecule has 0 unspecified atom stereocenters. The fourth-order valence-electron chi connectivity index (χ4n) is 1.90. The summed E-state index contributed by atoms with van der Waals surface area (Å²) in [4.78, 5) is 11.0. The van der Waals surface area contributed by atoms with Crippen LogP contribution in [0.25, 0.3) is 11.1 Å². The lowest BCUT2D eigenvalue weighted by molar-refractivity contribution is 0.112. The summed E-state index contributed by atoms with van der Waals surface area (Å²) in [7, 11) is 2.86. The molecule has 5 heteroatoms. The van der Waals surface area contributed by atoms with Crippen LogP contribution < -0.4 is 9.47 Å².